The summed E-state index contributed by atoms with van der Waals surface area (Å²) in [7, 11) is 0. The molecule has 3 heterocycles. The highest BCUT2D eigenvalue weighted by molar-refractivity contribution is 6.22. The molecule has 0 fully saturated rings. The first-order chi connectivity index (χ1) is 25.7. The molecule has 2 aliphatic heterocycles. The van der Waals surface area contributed by atoms with E-state index in [0.29, 0.717) is 0 Å². The molecule has 0 radical (unpaired) electrons. The Bertz CT molecular complexity index is 2450. The van der Waals surface area contributed by atoms with E-state index in [1.54, 1.807) is 0 Å². The minimum atomic E-state index is -0.406. The van der Waals surface area contributed by atoms with Gasteiger partial charge in [-0.3, -0.25) is 0 Å². The zero-order chi connectivity index (χ0) is 34.9. The van der Waals surface area contributed by atoms with Crippen molar-refractivity contribution in [2.75, 3.05) is 0 Å². The lowest BCUT2D eigenvalue weighted by molar-refractivity contribution is 0.588. The van der Waals surface area contributed by atoms with Crippen LogP contribution in [0.2, 0.25) is 0 Å². The fraction of sp³-hybridized carbons (Fsp3) is 0.128. The van der Waals surface area contributed by atoms with Crippen LogP contribution in [-0.2, 0) is 0 Å². The summed E-state index contributed by atoms with van der Waals surface area (Å²) in [6.45, 7) is 2.25. The highest BCUT2D eigenvalue weighted by atomic mass is 16.3. The van der Waals surface area contributed by atoms with Crippen LogP contribution < -0.4 is 5.32 Å². The summed E-state index contributed by atoms with van der Waals surface area (Å²) >= 11 is 0. The van der Waals surface area contributed by atoms with E-state index in [4.69, 9.17) is 19.4 Å². The highest BCUT2D eigenvalue weighted by Crippen LogP contribution is 2.48. The molecule has 1 aromatic heterocycles. The summed E-state index contributed by atoms with van der Waals surface area (Å²) in [6, 6.07) is 48.0. The molecule has 52 heavy (non-hydrogen) atoms. The fourth-order valence-electron chi connectivity index (χ4n) is 7.58. The number of fused-ring (bicyclic) bond motifs is 3. The van der Waals surface area contributed by atoms with Crippen molar-refractivity contribution in [1.29, 1.82) is 0 Å². The van der Waals surface area contributed by atoms with Crippen LogP contribution in [0.3, 0.4) is 0 Å². The molecular weight excluding hydrogens is 637 g/mol. The van der Waals surface area contributed by atoms with Gasteiger partial charge in [0, 0.05) is 29.0 Å². The van der Waals surface area contributed by atoms with Gasteiger partial charge in [-0.1, -0.05) is 164 Å². The number of furan rings is 1. The number of hydrogen-bond donors (Lipinski definition) is 1. The van der Waals surface area contributed by atoms with E-state index in [2.05, 4.69) is 134 Å². The molecule has 2 unspecified atom stereocenters. The maximum Gasteiger partial charge on any atom is 0.169 e. The first kappa shape index (κ1) is 31.6. The van der Waals surface area contributed by atoms with Crippen LogP contribution in [0.4, 0.5) is 5.69 Å². The lowest BCUT2D eigenvalue weighted by Gasteiger charge is -2.22. The molecular formula is C47H38N4O. The van der Waals surface area contributed by atoms with Crippen LogP contribution in [0.25, 0.3) is 22.1 Å². The molecule has 1 aliphatic carbocycles. The third-order valence-corrected chi connectivity index (χ3v) is 10.2. The Balaban J connectivity index is 1.22. The second-order valence-corrected chi connectivity index (χ2v) is 13.4. The molecule has 0 amide bonds. The number of aliphatic imine (C=N–C) groups is 3. The molecule has 0 bridgehead atoms. The van der Waals surface area contributed by atoms with E-state index in [0.717, 1.165) is 81.3 Å². The van der Waals surface area contributed by atoms with Gasteiger partial charge >= 0.3 is 0 Å². The van der Waals surface area contributed by atoms with Crippen LogP contribution in [0.5, 0.6) is 0 Å². The van der Waals surface area contributed by atoms with Gasteiger partial charge in [-0.15, -0.1) is 0 Å². The second-order valence-electron chi connectivity index (χ2n) is 13.4. The molecule has 0 spiro atoms. The molecule has 0 saturated carbocycles. The van der Waals surface area contributed by atoms with E-state index < -0.39 is 6.17 Å². The average Bonchev–Trinajstić information content (AvgIpc) is 3.50. The molecule has 1 N–H and O–H groups in total. The van der Waals surface area contributed by atoms with Crippen LogP contribution in [0.15, 0.2) is 183 Å². The molecule has 5 nitrogen and oxygen atoms in total. The normalized spacial score (nSPS) is 18.5. The Hall–Kier alpha value is -6.33. The van der Waals surface area contributed by atoms with Crippen molar-refractivity contribution in [2.24, 2.45) is 20.9 Å². The van der Waals surface area contributed by atoms with Gasteiger partial charge in [0.15, 0.2) is 11.9 Å². The van der Waals surface area contributed by atoms with Crippen molar-refractivity contribution in [2.45, 2.75) is 32.4 Å². The Morgan fingerprint density at radius 2 is 1.35 bits per heavy atom. The lowest BCUT2D eigenvalue weighted by atomic mass is 9.82. The number of allylic oxidation sites excluding steroid dienone is 6. The predicted octanol–water partition coefficient (Wildman–Crippen LogP) is 11.3. The number of benzene rings is 5. The molecule has 252 valence electrons. The van der Waals surface area contributed by atoms with E-state index in [1.165, 1.54) is 22.3 Å². The maximum absolute atomic E-state index is 6.99. The third kappa shape index (κ3) is 5.94. The lowest BCUT2D eigenvalue weighted by Crippen LogP contribution is -2.36. The largest absolute Gasteiger partial charge is 0.454 e. The Morgan fingerprint density at radius 1 is 0.692 bits per heavy atom. The van der Waals surface area contributed by atoms with E-state index in [-0.39, 0.29) is 5.92 Å². The number of hydrogen-bond acceptors (Lipinski definition) is 5. The number of rotatable bonds is 7. The number of nitrogens with zero attached hydrogens (tertiary/aromatic N) is 3. The number of nitrogens with one attached hydrogen (secondary N) is 1. The van der Waals surface area contributed by atoms with Crippen LogP contribution in [-0.4, -0.2) is 17.4 Å². The average molecular weight is 675 g/mol. The minimum Gasteiger partial charge on any atom is -0.454 e. The van der Waals surface area contributed by atoms with Gasteiger partial charge in [-0.2, -0.15) is 0 Å². The summed E-state index contributed by atoms with van der Waals surface area (Å²) in [5.41, 5.74) is 11.9. The summed E-state index contributed by atoms with van der Waals surface area (Å²) in [4.78, 5) is 15.9. The van der Waals surface area contributed by atoms with Crippen molar-refractivity contribution < 1.29 is 4.42 Å². The van der Waals surface area contributed by atoms with Gasteiger partial charge in [0.2, 0.25) is 0 Å². The molecule has 9 rings (SSSR count). The predicted molar refractivity (Wildman–Crippen MR) is 214 cm³/mol. The van der Waals surface area contributed by atoms with Gasteiger partial charge in [-0.05, 0) is 41.2 Å². The van der Waals surface area contributed by atoms with Crippen LogP contribution >= 0.6 is 0 Å². The van der Waals surface area contributed by atoms with E-state index in [1.807, 2.05) is 36.4 Å². The second kappa shape index (κ2) is 13.8. The molecule has 0 saturated heterocycles. The van der Waals surface area contributed by atoms with Crippen molar-refractivity contribution in [3.8, 4) is 0 Å². The monoisotopic (exact) mass is 674 g/mol. The molecule has 3 aliphatic rings. The molecule has 2 atom stereocenters. The smallest absolute Gasteiger partial charge is 0.169 e. The maximum atomic E-state index is 6.99. The van der Waals surface area contributed by atoms with E-state index in [9.17, 15) is 0 Å². The molecule has 5 heteroatoms. The quantitative estimate of drug-likeness (QED) is 0.183. The topological polar surface area (TPSA) is 62.2 Å². The van der Waals surface area contributed by atoms with Crippen molar-refractivity contribution in [3.05, 3.63) is 197 Å². The third-order valence-electron chi connectivity index (χ3n) is 10.2. The number of amidine groups is 2. The Labute approximate surface area is 304 Å². The summed E-state index contributed by atoms with van der Waals surface area (Å²) in [5, 5.41) is 4.58. The van der Waals surface area contributed by atoms with Gasteiger partial charge in [0.05, 0.1) is 11.1 Å². The molecule has 5 aromatic carbocycles. The van der Waals surface area contributed by atoms with Crippen molar-refractivity contribution in [1.82, 2.24) is 5.32 Å². The summed E-state index contributed by atoms with van der Waals surface area (Å²) in [6.07, 6.45) is 9.13. The SMILES string of the molecule is CCC1=C(C2C=CC(c3ccccc3)=CC2)c2oc3cccc(C4=NC(c5ccccc5)N=C(c5ccccc5)N4)c3c2N=C(c2ccccc2)C1. The standard InChI is InChI=1S/C47H38N4O/c1-2-31-30-39(34-18-9-4-10-19-34)48-43-42-38(47-50-45(36-20-11-5-12-21-36)49-46(51-47)37-22-13-6-14-23-37)24-15-25-40(42)52-44(43)41(31)35-28-26-33(27-29-35)32-16-7-3-8-17-32/h3-28,35,45H,2,29-30H2,1H3,(H,49,50,51). The molecule has 6 aromatic rings. The Kier molecular flexibility index (Phi) is 8.37. The first-order valence-corrected chi connectivity index (χ1v) is 18.1. The van der Waals surface area contributed by atoms with Gasteiger partial charge < -0.3 is 9.73 Å². The highest BCUT2D eigenvalue weighted by Gasteiger charge is 2.32. The zero-order valence-corrected chi connectivity index (χ0v) is 29.0. The minimum absolute atomic E-state index is 0.153. The summed E-state index contributed by atoms with van der Waals surface area (Å²) < 4.78 is 6.99. The van der Waals surface area contributed by atoms with Gasteiger partial charge in [-0.25, -0.2) is 15.0 Å². The van der Waals surface area contributed by atoms with Crippen LogP contribution in [0.1, 0.15) is 65.9 Å². The van der Waals surface area contributed by atoms with E-state index >= 15 is 0 Å². The zero-order valence-electron chi connectivity index (χ0n) is 29.0. The van der Waals surface area contributed by atoms with Gasteiger partial charge in [0.1, 0.15) is 22.9 Å². The fourth-order valence-corrected chi connectivity index (χ4v) is 7.58. The van der Waals surface area contributed by atoms with Crippen molar-refractivity contribution >= 4 is 45.2 Å². The van der Waals surface area contributed by atoms with Gasteiger partial charge in [0.25, 0.3) is 0 Å². The van der Waals surface area contributed by atoms with Crippen LogP contribution in [0, 0.1) is 5.92 Å². The first-order valence-electron chi connectivity index (χ1n) is 18.1. The van der Waals surface area contributed by atoms with Crippen molar-refractivity contribution in [3.63, 3.8) is 0 Å². The Morgan fingerprint density at radius 3 is 2.02 bits per heavy atom. The summed E-state index contributed by atoms with van der Waals surface area (Å²) in [5.74, 6) is 2.53.